The number of amides is 3. The van der Waals surface area contributed by atoms with E-state index in [2.05, 4.69) is 16.0 Å². The minimum absolute atomic E-state index is 0.189. The van der Waals surface area contributed by atoms with E-state index in [-0.39, 0.29) is 31.2 Å². The van der Waals surface area contributed by atoms with Crippen LogP contribution in [0, 0.1) is 11.8 Å². The van der Waals surface area contributed by atoms with Crippen LogP contribution in [0.2, 0.25) is 0 Å². The molecule has 11 nitrogen and oxygen atoms in total. The summed E-state index contributed by atoms with van der Waals surface area (Å²) in [5.74, 6) is -5.13. The summed E-state index contributed by atoms with van der Waals surface area (Å²) in [6.45, 7) is 6.40. The molecule has 7 N–H and O–H groups in total. The van der Waals surface area contributed by atoms with Crippen LogP contribution in [0.25, 0.3) is 0 Å². The second kappa shape index (κ2) is 12.7. The molecule has 3 amide bonds. The molecule has 0 aromatic carbocycles. The molecule has 0 aliphatic heterocycles. The van der Waals surface area contributed by atoms with E-state index in [1.165, 1.54) is 0 Å². The predicted octanol–water partition coefficient (Wildman–Crippen LogP) is -0.949. The van der Waals surface area contributed by atoms with E-state index < -0.39 is 47.8 Å². The highest BCUT2D eigenvalue weighted by atomic mass is 16.4. The number of carboxylic acids is 2. The highest BCUT2D eigenvalue weighted by Crippen LogP contribution is 2.11. The Hall–Kier alpha value is -2.69. The van der Waals surface area contributed by atoms with Crippen molar-refractivity contribution < 1.29 is 34.2 Å². The Balaban J connectivity index is 5.45. The zero-order chi connectivity index (χ0) is 22.7. The van der Waals surface area contributed by atoms with E-state index in [0.29, 0.717) is 6.42 Å². The summed E-state index contributed by atoms with van der Waals surface area (Å²) < 4.78 is 0. The van der Waals surface area contributed by atoms with Crippen molar-refractivity contribution in [2.24, 2.45) is 17.6 Å². The normalized spacial score (nSPS) is 15.0. The minimum atomic E-state index is -1.20. The molecule has 0 saturated carbocycles. The zero-order valence-corrected chi connectivity index (χ0v) is 17.2. The van der Waals surface area contributed by atoms with Crippen molar-refractivity contribution in [3.05, 3.63) is 0 Å². The molecule has 11 heteroatoms. The first kappa shape index (κ1) is 26.3. The van der Waals surface area contributed by atoms with Crippen molar-refractivity contribution in [3.63, 3.8) is 0 Å². The predicted molar refractivity (Wildman–Crippen MR) is 104 cm³/mol. The largest absolute Gasteiger partial charge is 0.481 e. The van der Waals surface area contributed by atoms with Gasteiger partial charge in [-0.2, -0.15) is 0 Å². The van der Waals surface area contributed by atoms with Gasteiger partial charge in [-0.15, -0.1) is 0 Å². The third kappa shape index (κ3) is 9.37. The topological polar surface area (TPSA) is 188 Å². The molecule has 4 atom stereocenters. The van der Waals surface area contributed by atoms with Crippen molar-refractivity contribution in [3.8, 4) is 0 Å². The number of carbonyl (C=O) groups excluding carboxylic acids is 3. The summed E-state index contributed by atoms with van der Waals surface area (Å²) in [4.78, 5) is 59.1. The second-order valence-corrected chi connectivity index (χ2v) is 7.20. The first-order chi connectivity index (χ1) is 13.4. The van der Waals surface area contributed by atoms with Crippen molar-refractivity contribution in [1.82, 2.24) is 16.0 Å². The molecule has 0 heterocycles. The van der Waals surface area contributed by atoms with Gasteiger partial charge in [-0.1, -0.05) is 34.1 Å². The van der Waals surface area contributed by atoms with Crippen LogP contribution in [0.1, 0.15) is 47.0 Å². The Kier molecular flexibility index (Phi) is 11.5. The van der Waals surface area contributed by atoms with Crippen molar-refractivity contribution >= 4 is 29.7 Å². The smallest absolute Gasteiger partial charge is 0.326 e. The molecule has 0 bridgehead atoms. The fraction of sp³-hybridized carbons (Fsp3) is 0.722. The number of rotatable bonds is 13. The maximum Gasteiger partial charge on any atom is 0.326 e. The van der Waals surface area contributed by atoms with Gasteiger partial charge in [0.25, 0.3) is 0 Å². The molecule has 4 unspecified atom stereocenters. The maximum atomic E-state index is 12.7. The monoisotopic (exact) mass is 416 g/mol. The first-order valence-electron chi connectivity index (χ1n) is 9.49. The molecule has 0 fully saturated rings. The standard InChI is InChI=1S/C18H32N4O7/c1-5-10(4)15(17(27)21-14(9(2)3)18(28)29)22-16(26)11(6-7-13(24)25)20-12(23)8-19/h9-11,14-15H,5-8,19H2,1-4H3,(H,20,23)(H,21,27)(H,22,26)(H,24,25)(H,28,29). The molecule has 0 rings (SSSR count). The second-order valence-electron chi connectivity index (χ2n) is 7.20. The lowest BCUT2D eigenvalue weighted by molar-refractivity contribution is -0.144. The lowest BCUT2D eigenvalue weighted by Crippen LogP contribution is -2.58. The van der Waals surface area contributed by atoms with Crippen LogP contribution in [0.3, 0.4) is 0 Å². The van der Waals surface area contributed by atoms with E-state index in [1.807, 2.05) is 0 Å². The van der Waals surface area contributed by atoms with Gasteiger partial charge in [0.1, 0.15) is 18.1 Å². The fourth-order valence-corrected chi connectivity index (χ4v) is 2.50. The van der Waals surface area contributed by atoms with Gasteiger partial charge in [-0.25, -0.2) is 4.79 Å². The van der Waals surface area contributed by atoms with Gasteiger partial charge in [0, 0.05) is 6.42 Å². The molecule has 0 aliphatic rings. The molecule has 0 spiro atoms. The highest BCUT2D eigenvalue weighted by Gasteiger charge is 2.33. The van der Waals surface area contributed by atoms with Crippen LogP contribution in [0.5, 0.6) is 0 Å². The van der Waals surface area contributed by atoms with E-state index in [4.69, 9.17) is 10.8 Å². The zero-order valence-electron chi connectivity index (χ0n) is 17.2. The summed E-state index contributed by atoms with van der Waals surface area (Å²) in [6, 6.07) is -3.39. The molecular formula is C18H32N4O7. The lowest BCUT2D eigenvalue weighted by atomic mass is 9.96. The molecule has 0 aliphatic carbocycles. The van der Waals surface area contributed by atoms with Crippen molar-refractivity contribution in [2.75, 3.05) is 6.54 Å². The summed E-state index contributed by atoms with van der Waals surface area (Å²) >= 11 is 0. The van der Waals surface area contributed by atoms with Gasteiger partial charge in [-0.05, 0) is 18.3 Å². The van der Waals surface area contributed by atoms with Gasteiger partial charge in [-0.3, -0.25) is 19.2 Å². The molecule has 29 heavy (non-hydrogen) atoms. The number of carboxylic acid groups (broad SMARTS) is 2. The van der Waals surface area contributed by atoms with Crippen LogP contribution in [0.15, 0.2) is 0 Å². The summed E-state index contributed by atoms with van der Waals surface area (Å²) in [6.07, 6.45) is -0.0597. The molecular weight excluding hydrogens is 384 g/mol. The SMILES string of the molecule is CCC(C)C(NC(=O)C(CCC(=O)O)NC(=O)CN)C(=O)NC(C(=O)O)C(C)C. The van der Waals surface area contributed by atoms with Crippen LogP contribution >= 0.6 is 0 Å². The molecule has 0 aromatic heterocycles. The van der Waals surface area contributed by atoms with Gasteiger partial charge in [0.15, 0.2) is 0 Å². The molecule has 0 saturated heterocycles. The quantitative estimate of drug-likeness (QED) is 0.221. The van der Waals surface area contributed by atoms with Crippen LogP contribution < -0.4 is 21.7 Å². The molecule has 166 valence electrons. The number of hydrogen-bond donors (Lipinski definition) is 6. The third-order valence-corrected chi connectivity index (χ3v) is 4.51. The van der Waals surface area contributed by atoms with Crippen molar-refractivity contribution in [2.45, 2.75) is 65.1 Å². The van der Waals surface area contributed by atoms with E-state index in [1.54, 1.807) is 27.7 Å². The van der Waals surface area contributed by atoms with E-state index >= 15 is 0 Å². The number of nitrogens with one attached hydrogen (secondary N) is 3. The van der Waals surface area contributed by atoms with Crippen LogP contribution in [-0.4, -0.2) is 64.5 Å². The Bertz CT molecular complexity index is 609. The number of hydrogen-bond acceptors (Lipinski definition) is 6. The third-order valence-electron chi connectivity index (χ3n) is 4.51. The Morgan fingerprint density at radius 3 is 1.86 bits per heavy atom. The van der Waals surface area contributed by atoms with Crippen LogP contribution in [-0.2, 0) is 24.0 Å². The van der Waals surface area contributed by atoms with E-state index in [9.17, 15) is 29.1 Å². The minimum Gasteiger partial charge on any atom is -0.481 e. The van der Waals surface area contributed by atoms with E-state index in [0.717, 1.165) is 0 Å². The Morgan fingerprint density at radius 2 is 1.45 bits per heavy atom. The van der Waals surface area contributed by atoms with Gasteiger partial charge >= 0.3 is 11.9 Å². The Morgan fingerprint density at radius 1 is 0.897 bits per heavy atom. The van der Waals surface area contributed by atoms with Crippen molar-refractivity contribution in [1.29, 1.82) is 0 Å². The molecule has 0 aromatic rings. The average molecular weight is 416 g/mol. The highest BCUT2D eigenvalue weighted by molar-refractivity contribution is 5.94. The fourth-order valence-electron chi connectivity index (χ4n) is 2.50. The lowest BCUT2D eigenvalue weighted by Gasteiger charge is -2.28. The van der Waals surface area contributed by atoms with Gasteiger partial charge < -0.3 is 31.9 Å². The summed E-state index contributed by atoms with van der Waals surface area (Å²) in [5.41, 5.74) is 5.23. The number of aliphatic carboxylic acids is 2. The number of nitrogens with two attached hydrogens (primary N) is 1. The average Bonchev–Trinajstić information content (AvgIpc) is 2.65. The van der Waals surface area contributed by atoms with Crippen LogP contribution in [0.4, 0.5) is 0 Å². The molecule has 0 radical (unpaired) electrons. The summed E-state index contributed by atoms with van der Waals surface area (Å²) in [7, 11) is 0. The number of carbonyl (C=O) groups is 5. The van der Waals surface area contributed by atoms with Gasteiger partial charge in [0.05, 0.1) is 6.54 Å². The maximum absolute atomic E-state index is 12.7. The summed E-state index contributed by atoms with van der Waals surface area (Å²) in [5, 5.41) is 25.4. The Labute approximate surface area is 169 Å². The first-order valence-corrected chi connectivity index (χ1v) is 9.49. The van der Waals surface area contributed by atoms with Gasteiger partial charge in [0.2, 0.25) is 17.7 Å².